The molecule has 140 valence electrons. The van der Waals surface area contributed by atoms with E-state index in [-0.39, 0.29) is 17.5 Å². The van der Waals surface area contributed by atoms with Crippen LogP contribution in [0.3, 0.4) is 0 Å². The van der Waals surface area contributed by atoms with E-state index in [1.54, 1.807) is 6.92 Å². The second-order valence-corrected chi connectivity index (χ2v) is 10.2. The Morgan fingerprint density at radius 3 is 2.52 bits per heavy atom. The molecule has 0 bridgehead atoms. The van der Waals surface area contributed by atoms with Crippen molar-refractivity contribution in [1.82, 2.24) is 0 Å². The van der Waals surface area contributed by atoms with Crippen molar-refractivity contribution in [3.63, 3.8) is 0 Å². The zero-order valence-electron chi connectivity index (χ0n) is 16.3. The molecule has 4 fully saturated rings. The zero-order chi connectivity index (χ0) is 18.0. The molecule has 8 atom stereocenters. The maximum absolute atomic E-state index is 12.1. The quantitative estimate of drug-likeness (QED) is 0.642. The van der Waals surface area contributed by atoms with Crippen LogP contribution in [0.25, 0.3) is 0 Å². The Morgan fingerprint density at radius 2 is 1.80 bits per heavy atom. The number of ketones is 1. The van der Waals surface area contributed by atoms with Gasteiger partial charge in [-0.05, 0) is 73.5 Å². The lowest BCUT2D eigenvalue weighted by Gasteiger charge is -2.62. The van der Waals surface area contributed by atoms with Gasteiger partial charge in [0.15, 0.2) is 0 Å². The maximum Gasteiger partial charge on any atom is 0.302 e. The van der Waals surface area contributed by atoms with E-state index >= 15 is 0 Å². The first-order chi connectivity index (χ1) is 11.8. The van der Waals surface area contributed by atoms with Gasteiger partial charge in [0.1, 0.15) is 11.9 Å². The number of carbonyl (C=O) groups is 2. The van der Waals surface area contributed by atoms with E-state index < -0.39 is 0 Å². The number of Topliss-reactive ketones (excluding diaryl/α,β-unsaturated/α-hetero) is 1. The minimum atomic E-state index is -0.122. The lowest BCUT2D eigenvalue weighted by atomic mass is 9.43. The van der Waals surface area contributed by atoms with Crippen LogP contribution >= 0.6 is 0 Å². The van der Waals surface area contributed by atoms with Crippen LogP contribution in [0.1, 0.15) is 79.1 Å². The molecule has 25 heavy (non-hydrogen) atoms. The van der Waals surface area contributed by atoms with Gasteiger partial charge in [-0.2, -0.15) is 0 Å². The van der Waals surface area contributed by atoms with Crippen LogP contribution in [0, 0.1) is 40.4 Å². The first-order valence-corrected chi connectivity index (χ1v) is 10.4. The van der Waals surface area contributed by atoms with Gasteiger partial charge in [-0.3, -0.25) is 9.59 Å². The van der Waals surface area contributed by atoms with E-state index in [9.17, 15) is 9.59 Å². The largest absolute Gasteiger partial charge is 0.462 e. The summed E-state index contributed by atoms with van der Waals surface area (Å²) in [5, 5.41) is 0. The van der Waals surface area contributed by atoms with Crippen LogP contribution in [0.2, 0.25) is 0 Å². The van der Waals surface area contributed by atoms with E-state index in [2.05, 4.69) is 20.8 Å². The molecule has 0 aliphatic heterocycles. The lowest BCUT2D eigenvalue weighted by Crippen LogP contribution is -2.56. The van der Waals surface area contributed by atoms with Crippen molar-refractivity contribution in [2.24, 2.45) is 40.4 Å². The van der Waals surface area contributed by atoms with Crippen molar-refractivity contribution in [3.8, 4) is 0 Å². The highest BCUT2D eigenvalue weighted by molar-refractivity contribution is 5.79. The molecule has 0 saturated heterocycles. The number of rotatable bonds is 1. The van der Waals surface area contributed by atoms with Gasteiger partial charge < -0.3 is 4.74 Å². The number of esters is 1. The van der Waals surface area contributed by atoms with Crippen molar-refractivity contribution in [1.29, 1.82) is 0 Å². The van der Waals surface area contributed by atoms with Crippen LogP contribution in [0.5, 0.6) is 0 Å². The highest BCUT2D eigenvalue weighted by Gasteiger charge is 2.62. The molecule has 4 aliphatic rings. The van der Waals surface area contributed by atoms with Crippen LogP contribution in [-0.4, -0.2) is 17.9 Å². The summed E-state index contributed by atoms with van der Waals surface area (Å²) >= 11 is 0. The fourth-order valence-corrected chi connectivity index (χ4v) is 7.77. The number of hydrogen-bond donors (Lipinski definition) is 0. The van der Waals surface area contributed by atoms with Gasteiger partial charge in [-0.1, -0.05) is 20.8 Å². The second-order valence-electron chi connectivity index (χ2n) is 10.2. The molecule has 0 radical (unpaired) electrons. The predicted octanol–water partition coefficient (Wildman–Crippen LogP) is 4.78. The third kappa shape index (κ3) is 2.51. The van der Waals surface area contributed by atoms with E-state index in [1.807, 2.05) is 0 Å². The zero-order valence-corrected chi connectivity index (χ0v) is 16.3. The molecule has 0 aromatic heterocycles. The van der Waals surface area contributed by atoms with Crippen LogP contribution in [0.15, 0.2) is 0 Å². The van der Waals surface area contributed by atoms with Gasteiger partial charge in [-0.25, -0.2) is 0 Å². The smallest absolute Gasteiger partial charge is 0.302 e. The highest BCUT2D eigenvalue weighted by atomic mass is 16.5. The molecule has 4 rings (SSSR count). The standard InChI is InChI=1S/C22H34O3/c1-13-11-15-12-16(24)7-9-21(15,3)18-8-10-22(4)17(20(13)18)5-6-19(22)25-14(2)23/h13,15,17-20H,5-12H2,1-4H3/t13-,15+,17+,18+,19+,20+,21-,22-/m1/s1. The van der Waals surface area contributed by atoms with Crippen molar-refractivity contribution in [2.45, 2.75) is 85.2 Å². The molecule has 0 N–H and O–H groups in total. The molecule has 0 amide bonds. The third-order valence-corrected chi connectivity index (χ3v) is 9.06. The fourth-order valence-electron chi connectivity index (χ4n) is 7.77. The summed E-state index contributed by atoms with van der Waals surface area (Å²) < 4.78 is 5.76. The monoisotopic (exact) mass is 346 g/mol. The Labute approximate surface area is 152 Å². The molecule has 4 aliphatic carbocycles. The van der Waals surface area contributed by atoms with Crippen LogP contribution < -0.4 is 0 Å². The first kappa shape index (κ1) is 17.5. The van der Waals surface area contributed by atoms with Gasteiger partial charge in [0.05, 0.1) is 0 Å². The van der Waals surface area contributed by atoms with Gasteiger partial charge in [-0.15, -0.1) is 0 Å². The molecule has 0 aromatic carbocycles. The minimum absolute atomic E-state index is 0.113. The summed E-state index contributed by atoms with van der Waals surface area (Å²) in [5.74, 6) is 3.83. The van der Waals surface area contributed by atoms with Gasteiger partial charge in [0.2, 0.25) is 0 Å². The van der Waals surface area contributed by atoms with Crippen LogP contribution in [0.4, 0.5) is 0 Å². The van der Waals surface area contributed by atoms with Crippen molar-refractivity contribution < 1.29 is 14.3 Å². The third-order valence-electron chi connectivity index (χ3n) is 9.06. The fraction of sp³-hybridized carbons (Fsp3) is 0.909. The molecule has 3 nitrogen and oxygen atoms in total. The second kappa shape index (κ2) is 5.82. The molecule has 3 heteroatoms. The molecule has 0 heterocycles. The average molecular weight is 347 g/mol. The topological polar surface area (TPSA) is 43.4 Å². The summed E-state index contributed by atoms with van der Waals surface area (Å²) in [5.41, 5.74) is 0.515. The Kier molecular flexibility index (Phi) is 4.09. The van der Waals surface area contributed by atoms with E-state index in [0.717, 1.165) is 37.5 Å². The Hall–Kier alpha value is -0.860. The maximum atomic E-state index is 12.1. The molecule has 0 aromatic rings. The first-order valence-electron chi connectivity index (χ1n) is 10.4. The van der Waals surface area contributed by atoms with E-state index in [1.165, 1.54) is 25.7 Å². The normalized spacial score (nSPS) is 52.1. The predicted molar refractivity (Wildman–Crippen MR) is 96.8 cm³/mol. The molecule has 0 unspecified atom stereocenters. The molecular formula is C22H34O3. The number of fused-ring (bicyclic) bond motifs is 5. The number of carbonyl (C=O) groups excluding carboxylic acids is 2. The van der Waals surface area contributed by atoms with Gasteiger partial charge in [0, 0.05) is 25.2 Å². The lowest BCUT2D eigenvalue weighted by molar-refractivity contribution is -0.167. The van der Waals surface area contributed by atoms with E-state index in [4.69, 9.17) is 4.74 Å². The number of ether oxygens (including phenoxy) is 1. The summed E-state index contributed by atoms with van der Waals surface area (Å²) in [6.45, 7) is 8.87. The highest BCUT2D eigenvalue weighted by Crippen LogP contribution is 2.67. The SMILES string of the molecule is CC(=O)O[C@H]1CC[C@H]2[C@@H]3[C@H](C)C[C@H]4CC(=O)CC[C@@]4(C)[C@H]3CC[C@@]12C. The minimum Gasteiger partial charge on any atom is -0.462 e. The van der Waals surface area contributed by atoms with E-state index in [0.29, 0.717) is 29.0 Å². The summed E-state index contributed by atoms with van der Waals surface area (Å²) in [7, 11) is 0. The molecule has 0 spiro atoms. The molecule has 4 saturated carbocycles. The Balaban J connectivity index is 1.63. The summed E-state index contributed by atoms with van der Waals surface area (Å²) in [6.07, 6.45) is 8.72. The number of hydrogen-bond acceptors (Lipinski definition) is 3. The summed E-state index contributed by atoms with van der Waals surface area (Å²) in [6, 6.07) is 0. The van der Waals surface area contributed by atoms with Gasteiger partial charge >= 0.3 is 5.97 Å². The summed E-state index contributed by atoms with van der Waals surface area (Å²) in [4.78, 5) is 23.6. The van der Waals surface area contributed by atoms with Crippen molar-refractivity contribution in [3.05, 3.63) is 0 Å². The average Bonchev–Trinajstić information content (AvgIpc) is 2.85. The Morgan fingerprint density at radius 1 is 1.08 bits per heavy atom. The van der Waals surface area contributed by atoms with Crippen molar-refractivity contribution >= 4 is 11.8 Å². The van der Waals surface area contributed by atoms with Crippen LogP contribution in [-0.2, 0) is 14.3 Å². The van der Waals surface area contributed by atoms with Gasteiger partial charge in [0.25, 0.3) is 0 Å². The molecular weight excluding hydrogens is 312 g/mol. The van der Waals surface area contributed by atoms with Crippen molar-refractivity contribution in [2.75, 3.05) is 0 Å². The Bertz CT molecular complexity index is 584.